The van der Waals surface area contributed by atoms with Gasteiger partial charge in [-0.05, 0) is 44.0 Å². The van der Waals surface area contributed by atoms with Crippen molar-refractivity contribution in [2.24, 2.45) is 0 Å². The first-order valence-electron chi connectivity index (χ1n) is 7.40. The van der Waals surface area contributed by atoms with Crippen LogP contribution in [0.3, 0.4) is 0 Å². The summed E-state index contributed by atoms with van der Waals surface area (Å²) in [6.45, 7) is 3.50. The maximum absolute atomic E-state index is 12.5. The summed E-state index contributed by atoms with van der Waals surface area (Å²) in [4.78, 5) is 14.6. The SMILES string of the molecule is Cc1ccc(C(=O)NCc2ccc(S(=O)(=O)N3CCCC3)s2)s1. The summed E-state index contributed by atoms with van der Waals surface area (Å²) in [5.41, 5.74) is 0. The molecular formula is C15H18N2O3S3. The molecule has 0 aromatic carbocycles. The zero-order valence-corrected chi connectivity index (χ0v) is 15.2. The van der Waals surface area contributed by atoms with E-state index in [2.05, 4.69) is 5.32 Å². The molecule has 124 valence electrons. The van der Waals surface area contributed by atoms with Gasteiger partial charge in [0.15, 0.2) is 0 Å². The molecule has 3 rings (SSSR count). The van der Waals surface area contributed by atoms with Gasteiger partial charge >= 0.3 is 0 Å². The highest BCUT2D eigenvalue weighted by atomic mass is 32.2. The van der Waals surface area contributed by atoms with Crippen molar-refractivity contribution in [2.75, 3.05) is 13.1 Å². The number of hydrogen-bond acceptors (Lipinski definition) is 5. The first-order valence-corrected chi connectivity index (χ1v) is 10.5. The molecule has 1 saturated heterocycles. The normalized spacial score (nSPS) is 15.9. The molecule has 0 saturated carbocycles. The lowest BCUT2D eigenvalue weighted by Gasteiger charge is -2.13. The largest absolute Gasteiger partial charge is 0.346 e. The van der Waals surface area contributed by atoms with E-state index in [0.29, 0.717) is 28.7 Å². The van der Waals surface area contributed by atoms with Gasteiger partial charge in [0.2, 0.25) is 0 Å². The fourth-order valence-corrected chi connectivity index (χ4v) is 6.21. The maximum Gasteiger partial charge on any atom is 0.261 e. The minimum atomic E-state index is -3.36. The van der Waals surface area contributed by atoms with E-state index in [-0.39, 0.29) is 5.91 Å². The van der Waals surface area contributed by atoms with E-state index >= 15 is 0 Å². The summed E-state index contributed by atoms with van der Waals surface area (Å²) < 4.78 is 26.8. The number of carbonyl (C=O) groups is 1. The molecule has 1 aliphatic rings. The van der Waals surface area contributed by atoms with Crippen LogP contribution in [0.25, 0.3) is 0 Å². The first-order chi connectivity index (χ1) is 11.0. The number of carbonyl (C=O) groups excluding carboxylic acids is 1. The second-order valence-electron chi connectivity index (χ2n) is 5.42. The number of aryl methyl sites for hydroxylation is 1. The highest BCUT2D eigenvalue weighted by molar-refractivity contribution is 7.91. The van der Waals surface area contributed by atoms with Crippen LogP contribution < -0.4 is 5.32 Å². The highest BCUT2D eigenvalue weighted by Crippen LogP contribution is 2.27. The van der Waals surface area contributed by atoms with Gasteiger partial charge in [0.25, 0.3) is 15.9 Å². The number of nitrogens with zero attached hydrogens (tertiary/aromatic N) is 1. The third-order valence-electron chi connectivity index (χ3n) is 3.68. The lowest BCUT2D eigenvalue weighted by atomic mass is 10.4. The summed E-state index contributed by atoms with van der Waals surface area (Å²) in [6.07, 6.45) is 1.85. The predicted molar refractivity (Wildman–Crippen MR) is 92.5 cm³/mol. The van der Waals surface area contributed by atoms with Crippen LogP contribution in [0.4, 0.5) is 0 Å². The van der Waals surface area contributed by atoms with Crippen LogP contribution in [-0.2, 0) is 16.6 Å². The molecule has 3 heterocycles. The van der Waals surface area contributed by atoms with Crippen molar-refractivity contribution in [1.29, 1.82) is 0 Å². The average Bonchev–Trinajstić information content (AvgIpc) is 3.25. The van der Waals surface area contributed by atoms with E-state index in [1.165, 1.54) is 27.0 Å². The van der Waals surface area contributed by atoms with Crippen LogP contribution >= 0.6 is 22.7 Å². The van der Waals surface area contributed by atoms with Gasteiger partial charge in [-0.3, -0.25) is 4.79 Å². The Bertz CT molecular complexity index is 802. The predicted octanol–water partition coefficient (Wildman–Crippen LogP) is 2.83. The van der Waals surface area contributed by atoms with Gasteiger partial charge in [-0.1, -0.05) is 0 Å². The Morgan fingerprint density at radius 2 is 1.91 bits per heavy atom. The average molecular weight is 371 g/mol. The van der Waals surface area contributed by atoms with E-state index in [9.17, 15) is 13.2 Å². The van der Waals surface area contributed by atoms with Crippen LogP contribution in [0, 0.1) is 6.92 Å². The smallest absolute Gasteiger partial charge is 0.261 e. The Labute approximate surface area is 144 Å². The van der Waals surface area contributed by atoms with Gasteiger partial charge < -0.3 is 5.32 Å². The summed E-state index contributed by atoms with van der Waals surface area (Å²) in [5.74, 6) is -0.125. The van der Waals surface area contributed by atoms with E-state index in [4.69, 9.17) is 0 Å². The lowest BCUT2D eigenvalue weighted by molar-refractivity contribution is 0.0955. The molecule has 0 unspecified atom stereocenters. The van der Waals surface area contributed by atoms with Gasteiger partial charge in [-0.25, -0.2) is 8.42 Å². The van der Waals surface area contributed by atoms with Crippen molar-refractivity contribution in [3.63, 3.8) is 0 Å². The molecule has 1 N–H and O–H groups in total. The third kappa shape index (κ3) is 3.65. The lowest BCUT2D eigenvalue weighted by Crippen LogP contribution is -2.27. The Morgan fingerprint density at radius 1 is 1.17 bits per heavy atom. The molecule has 8 heteroatoms. The number of nitrogens with one attached hydrogen (secondary N) is 1. The second-order valence-corrected chi connectivity index (χ2v) is 10.0. The molecule has 0 aliphatic carbocycles. The van der Waals surface area contributed by atoms with Crippen molar-refractivity contribution >= 4 is 38.6 Å². The first kappa shape index (κ1) is 16.6. The Morgan fingerprint density at radius 3 is 2.57 bits per heavy atom. The van der Waals surface area contributed by atoms with Gasteiger partial charge in [0.05, 0.1) is 11.4 Å². The van der Waals surface area contributed by atoms with Crippen molar-refractivity contribution in [2.45, 2.75) is 30.5 Å². The monoisotopic (exact) mass is 370 g/mol. The maximum atomic E-state index is 12.5. The zero-order chi connectivity index (χ0) is 16.4. The molecule has 1 fully saturated rings. The minimum absolute atomic E-state index is 0.125. The molecular weight excluding hydrogens is 352 g/mol. The van der Waals surface area contributed by atoms with E-state index in [1.807, 2.05) is 13.0 Å². The van der Waals surface area contributed by atoms with Gasteiger partial charge in [-0.2, -0.15) is 4.31 Å². The van der Waals surface area contributed by atoms with Crippen LogP contribution in [0.1, 0.15) is 32.3 Å². The molecule has 23 heavy (non-hydrogen) atoms. The molecule has 2 aromatic heterocycles. The second kappa shape index (κ2) is 6.72. The van der Waals surface area contributed by atoms with Crippen molar-refractivity contribution < 1.29 is 13.2 Å². The summed E-state index contributed by atoms with van der Waals surface area (Å²) in [5, 5.41) is 2.84. The summed E-state index contributed by atoms with van der Waals surface area (Å²) >= 11 is 2.67. The topological polar surface area (TPSA) is 66.5 Å². The van der Waals surface area contributed by atoms with Crippen LogP contribution in [0.15, 0.2) is 28.5 Å². The minimum Gasteiger partial charge on any atom is -0.346 e. The summed E-state index contributed by atoms with van der Waals surface area (Å²) in [6, 6.07) is 7.11. The van der Waals surface area contributed by atoms with E-state index in [1.54, 1.807) is 18.2 Å². The van der Waals surface area contributed by atoms with E-state index < -0.39 is 10.0 Å². The number of thiophene rings is 2. The fourth-order valence-electron chi connectivity index (χ4n) is 2.46. The number of sulfonamides is 1. The molecule has 0 bridgehead atoms. The number of hydrogen-bond donors (Lipinski definition) is 1. The Hall–Kier alpha value is -1.22. The quantitative estimate of drug-likeness (QED) is 0.880. The molecule has 5 nitrogen and oxygen atoms in total. The Kier molecular flexibility index (Phi) is 4.86. The molecule has 0 spiro atoms. The Balaban J connectivity index is 1.64. The number of rotatable bonds is 5. The molecule has 0 radical (unpaired) electrons. The molecule has 1 amide bonds. The van der Waals surface area contributed by atoms with Crippen molar-refractivity contribution in [3.05, 3.63) is 38.9 Å². The standard InChI is InChI=1S/C15H18N2O3S3/c1-11-4-6-13(21-11)15(18)16-10-12-5-7-14(22-12)23(19,20)17-8-2-3-9-17/h4-7H,2-3,8-10H2,1H3,(H,16,18). The van der Waals surface area contributed by atoms with Crippen LogP contribution in [0.5, 0.6) is 0 Å². The van der Waals surface area contributed by atoms with Gasteiger partial charge in [0, 0.05) is 22.8 Å². The fraction of sp³-hybridized carbons (Fsp3) is 0.400. The third-order valence-corrected chi connectivity index (χ3v) is 8.13. The van der Waals surface area contributed by atoms with Gasteiger partial charge in [-0.15, -0.1) is 22.7 Å². The highest BCUT2D eigenvalue weighted by Gasteiger charge is 2.28. The molecule has 1 aliphatic heterocycles. The van der Waals surface area contributed by atoms with Crippen LogP contribution in [0.2, 0.25) is 0 Å². The van der Waals surface area contributed by atoms with Crippen LogP contribution in [-0.4, -0.2) is 31.7 Å². The molecule has 0 atom stereocenters. The van der Waals surface area contributed by atoms with E-state index in [0.717, 1.165) is 22.6 Å². The van der Waals surface area contributed by atoms with Crippen molar-refractivity contribution in [1.82, 2.24) is 9.62 Å². The number of amides is 1. The van der Waals surface area contributed by atoms with Crippen molar-refractivity contribution in [3.8, 4) is 0 Å². The summed E-state index contributed by atoms with van der Waals surface area (Å²) in [7, 11) is -3.36. The van der Waals surface area contributed by atoms with Gasteiger partial charge in [0.1, 0.15) is 4.21 Å². The molecule has 2 aromatic rings. The zero-order valence-electron chi connectivity index (χ0n) is 12.7.